The van der Waals surface area contributed by atoms with Gasteiger partial charge in [0, 0.05) is 7.05 Å². The van der Waals surface area contributed by atoms with Gasteiger partial charge in [0.15, 0.2) is 0 Å². The highest BCUT2D eigenvalue weighted by atomic mass is 16.7. The van der Waals surface area contributed by atoms with Crippen LogP contribution in [0.15, 0.2) is 0 Å². The van der Waals surface area contributed by atoms with Crippen molar-refractivity contribution in [3.63, 3.8) is 0 Å². The van der Waals surface area contributed by atoms with Gasteiger partial charge in [0.05, 0.1) is 6.13 Å². The zero-order valence-corrected chi connectivity index (χ0v) is 5.98. The van der Waals surface area contributed by atoms with Crippen LogP contribution in [-0.4, -0.2) is 27.6 Å². The van der Waals surface area contributed by atoms with Crippen LogP contribution in [0.2, 0.25) is 0 Å². The molecule has 9 heavy (non-hydrogen) atoms. The Morgan fingerprint density at radius 3 is 2.78 bits per heavy atom. The van der Waals surface area contributed by atoms with E-state index in [9.17, 15) is 0 Å². The van der Waals surface area contributed by atoms with Crippen molar-refractivity contribution in [2.45, 2.75) is 19.5 Å². The lowest BCUT2D eigenvalue weighted by atomic mass is 10.1. The Hall–Kier alpha value is -0.0551. The molecule has 1 unspecified atom stereocenters. The summed E-state index contributed by atoms with van der Waals surface area (Å²) in [5.74, 6) is 0. The molecule has 0 saturated carbocycles. The van der Waals surface area contributed by atoms with Crippen LogP contribution in [-0.2, 0) is 4.84 Å². The Kier molecular flexibility index (Phi) is 6.03. The van der Waals surface area contributed by atoms with Crippen molar-refractivity contribution in [2.24, 2.45) is 0 Å². The van der Waals surface area contributed by atoms with E-state index in [0.717, 1.165) is 13.0 Å². The third kappa shape index (κ3) is 5.82. The standard InChI is InChI=1S/C5H13BN2O/c1-3-4-8-5(6)9-7-2/h5,7-8H,3-4H2,1-2H3. The van der Waals surface area contributed by atoms with Gasteiger partial charge in [-0.3, -0.25) is 10.2 Å². The minimum Gasteiger partial charge on any atom is -0.299 e. The van der Waals surface area contributed by atoms with Crippen LogP contribution in [0, 0.1) is 0 Å². The van der Waals surface area contributed by atoms with Crippen LogP contribution < -0.4 is 10.8 Å². The first kappa shape index (κ1) is 8.94. The molecule has 0 aliphatic heterocycles. The number of hydrogen-bond donors (Lipinski definition) is 2. The van der Waals surface area contributed by atoms with Crippen LogP contribution in [0.4, 0.5) is 0 Å². The summed E-state index contributed by atoms with van der Waals surface area (Å²) in [6, 6.07) is 0. The zero-order valence-electron chi connectivity index (χ0n) is 5.98. The molecular weight excluding hydrogens is 115 g/mol. The highest BCUT2D eigenvalue weighted by Crippen LogP contribution is 1.75. The Bertz CT molecular complexity index is 62.9. The first-order valence-corrected chi connectivity index (χ1v) is 3.12. The van der Waals surface area contributed by atoms with Crippen molar-refractivity contribution in [3.8, 4) is 0 Å². The van der Waals surface area contributed by atoms with Crippen LogP contribution in [0.5, 0.6) is 0 Å². The predicted molar refractivity (Wildman–Crippen MR) is 38.0 cm³/mol. The van der Waals surface area contributed by atoms with Gasteiger partial charge in [-0.2, -0.15) is 0 Å². The van der Waals surface area contributed by atoms with Crippen molar-refractivity contribution in [2.75, 3.05) is 13.6 Å². The minimum absolute atomic E-state index is 0.394. The fourth-order valence-corrected chi connectivity index (χ4v) is 0.455. The molecular formula is C5H13BN2O. The summed E-state index contributed by atoms with van der Waals surface area (Å²) in [5, 5.41) is 2.93. The van der Waals surface area contributed by atoms with Gasteiger partial charge < -0.3 is 0 Å². The van der Waals surface area contributed by atoms with Crippen molar-refractivity contribution in [1.82, 2.24) is 10.8 Å². The number of rotatable bonds is 5. The van der Waals surface area contributed by atoms with Gasteiger partial charge in [-0.15, -0.1) is 0 Å². The summed E-state index contributed by atoms with van der Waals surface area (Å²) in [6.07, 6.45) is 0.663. The summed E-state index contributed by atoms with van der Waals surface area (Å²) in [7, 11) is 7.05. The largest absolute Gasteiger partial charge is 0.299 e. The molecule has 0 aliphatic carbocycles. The lowest BCUT2D eigenvalue weighted by Crippen LogP contribution is -2.36. The highest BCUT2D eigenvalue weighted by molar-refractivity contribution is 6.10. The van der Waals surface area contributed by atoms with E-state index in [1.165, 1.54) is 0 Å². The molecule has 0 fully saturated rings. The minimum atomic E-state index is -0.394. The van der Waals surface area contributed by atoms with Crippen LogP contribution >= 0.6 is 0 Å². The lowest BCUT2D eigenvalue weighted by molar-refractivity contribution is 0.0167. The second kappa shape index (κ2) is 6.07. The van der Waals surface area contributed by atoms with E-state index < -0.39 is 6.13 Å². The fourth-order valence-electron chi connectivity index (χ4n) is 0.455. The lowest BCUT2D eigenvalue weighted by Gasteiger charge is -2.12. The molecule has 0 aliphatic rings. The van der Waals surface area contributed by atoms with Gasteiger partial charge in [-0.05, 0) is 13.0 Å². The molecule has 4 heteroatoms. The summed E-state index contributed by atoms with van der Waals surface area (Å²) in [5.41, 5.74) is 2.49. The third-order valence-electron chi connectivity index (χ3n) is 0.840. The highest BCUT2D eigenvalue weighted by Gasteiger charge is 1.95. The summed E-state index contributed by atoms with van der Waals surface area (Å²) in [6.45, 7) is 2.95. The number of nitrogens with one attached hydrogen (secondary N) is 2. The molecule has 2 N–H and O–H groups in total. The molecule has 52 valence electrons. The molecule has 0 aromatic heterocycles. The summed E-state index contributed by atoms with van der Waals surface area (Å²) >= 11 is 0. The first-order chi connectivity index (χ1) is 4.31. The number of hydroxylamine groups is 1. The van der Waals surface area contributed by atoms with E-state index in [-0.39, 0.29) is 0 Å². The smallest absolute Gasteiger partial charge is 0.133 e. The molecule has 0 rings (SSSR count). The molecule has 0 aromatic rings. The molecule has 1 atom stereocenters. The van der Waals surface area contributed by atoms with Crippen molar-refractivity contribution in [3.05, 3.63) is 0 Å². The predicted octanol–water partition coefficient (Wildman–Crippen LogP) is -0.411. The van der Waals surface area contributed by atoms with E-state index >= 15 is 0 Å². The van der Waals surface area contributed by atoms with E-state index in [4.69, 9.17) is 12.7 Å². The van der Waals surface area contributed by atoms with E-state index in [1.807, 2.05) is 0 Å². The molecule has 0 aromatic carbocycles. The van der Waals surface area contributed by atoms with Crippen LogP contribution in [0.1, 0.15) is 13.3 Å². The molecule has 0 spiro atoms. The number of hydrogen-bond acceptors (Lipinski definition) is 3. The van der Waals surface area contributed by atoms with Gasteiger partial charge in [0.2, 0.25) is 0 Å². The van der Waals surface area contributed by atoms with Crippen LogP contribution in [0.25, 0.3) is 0 Å². The van der Waals surface area contributed by atoms with Gasteiger partial charge >= 0.3 is 0 Å². The second-order valence-corrected chi connectivity index (χ2v) is 1.70. The summed E-state index contributed by atoms with van der Waals surface area (Å²) < 4.78 is 0. The quantitative estimate of drug-likeness (QED) is 0.300. The third-order valence-corrected chi connectivity index (χ3v) is 0.840. The Labute approximate surface area is 57.5 Å². The Morgan fingerprint density at radius 2 is 2.33 bits per heavy atom. The van der Waals surface area contributed by atoms with Gasteiger partial charge in [0.25, 0.3) is 0 Å². The maximum absolute atomic E-state index is 5.37. The average Bonchev–Trinajstić information content (AvgIpc) is 1.85. The second-order valence-electron chi connectivity index (χ2n) is 1.70. The molecule has 0 bridgehead atoms. The Morgan fingerprint density at radius 1 is 1.67 bits per heavy atom. The molecule has 3 nitrogen and oxygen atoms in total. The molecule has 0 amide bonds. The van der Waals surface area contributed by atoms with E-state index in [2.05, 4.69) is 17.7 Å². The maximum atomic E-state index is 5.37. The van der Waals surface area contributed by atoms with Crippen molar-refractivity contribution in [1.29, 1.82) is 0 Å². The SMILES string of the molecule is [B]C(NCCC)ONC. The molecule has 0 heterocycles. The monoisotopic (exact) mass is 128 g/mol. The van der Waals surface area contributed by atoms with Crippen molar-refractivity contribution >= 4 is 7.85 Å². The first-order valence-electron chi connectivity index (χ1n) is 3.12. The van der Waals surface area contributed by atoms with Crippen LogP contribution in [0.3, 0.4) is 0 Å². The molecule has 2 radical (unpaired) electrons. The van der Waals surface area contributed by atoms with Gasteiger partial charge in [0.1, 0.15) is 7.85 Å². The van der Waals surface area contributed by atoms with E-state index in [1.54, 1.807) is 7.05 Å². The van der Waals surface area contributed by atoms with Crippen molar-refractivity contribution < 1.29 is 4.84 Å². The topological polar surface area (TPSA) is 33.3 Å². The van der Waals surface area contributed by atoms with E-state index in [0.29, 0.717) is 0 Å². The fraction of sp³-hybridized carbons (Fsp3) is 1.00. The zero-order chi connectivity index (χ0) is 7.11. The van der Waals surface area contributed by atoms with Gasteiger partial charge in [-0.25, -0.2) is 5.48 Å². The van der Waals surface area contributed by atoms with Gasteiger partial charge in [-0.1, -0.05) is 6.92 Å². The Balaban J connectivity index is 2.95. The summed E-state index contributed by atoms with van der Waals surface area (Å²) in [4.78, 5) is 4.76. The molecule has 0 saturated heterocycles. The maximum Gasteiger partial charge on any atom is 0.133 e. The normalized spacial score (nSPS) is 13.6. The average molecular weight is 128 g/mol.